The zero-order chi connectivity index (χ0) is 13.9. The lowest BCUT2D eigenvalue weighted by Crippen LogP contribution is -2.34. The number of primary amides is 1. The Morgan fingerprint density at radius 3 is 2.90 bits per heavy atom. The van der Waals surface area contributed by atoms with Gasteiger partial charge in [0, 0.05) is 32.4 Å². The van der Waals surface area contributed by atoms with E-state index >= 15 is 0 Å². The first-order chi connectivity index (χ1) is 9.75. The average Bonchev–Trinajstić information content (AvgIpc) is 3.02. The quantitative estimate of drug-likeness (QED) is 0.837. The third-order valence-electron chi connectivity index (χ3n) is 3.89. The first kappa shape index (κ1) is 13.3. The Kier molecular flexibility index (Phi) is 3.84. The number of hydrogen-bond donors (Lipinski definition) is 2. The van der Waals surface area contributed by atoms with Crippen LogP contribution in [0.4, 0.5) is 5.82 Å². The van der Waals surface area contributed by atoms with Gasteiger partial charge in [0.1, 0.15) is 5.82 Å². The molecular formula is C14H20N4O2. The number of nitrogens with one attached hydrogen (secondary N) is 1. The molecule has 3 heterocycles. The SMILES string of the molecule is NC(=O)c1cnc(N2CCCC2)cc1C1CNCCO1. The average molecular weight is 276 g/mol. The van der Waals surface area contributed by atoms with Crippen LogP contribution in [0, 0.1) is 0 Å². The zero-order valence-corrected chi connectivity index (χ0v) is 11.5. The largest absolute Gasteiger partial charge is 0.371 e. The highest BCUT2D eigenvalue weighted by atomic mass is 16.5. The Bertz CT molecular complexity index is 494. The summed E-state index contributed by atoms with van der Waals surface area (Å²) in [6.07, 6.45) is 3.84. The van der Waals surface area contributed by atoms with Crippen LogP contribution in [0.25, 0.3) is 0 Å². The van der Waals surface area contributed by atoms with Crippen LogP contribution in [0.2, 0.25) is 0 Å². The molecule has 20 heavy (non-hydrogen) atoms. The molecule has 2 aliphatic heterocycles. The van der Waals surface area contributed by atoms with E-state index in [1.165, 1.54) is 12.8 Å². The van der Waals surface area contributed by atoms with Gasteiger partial charge in [0.25, 0.3) is 5.91 Å². The van der Waals surface area contributed by atoms with Crippen molar-refractivity contribution in [2.24, 2.45) is 5.73 Å². The Hall–Kier alpha value is -1.66. The fourth-order valence-corrected chi connectivity index (χ4v) is 2.82. The van der Waals surface area contributed by atoms with Crippen LogP contribution >= 0.6 is 0 Å². The fourth-order valence-electron chi connectivity index (χ4n) is 2.82. The molecule has 0 saturated carbocycles. The highest BCUT2D eigenvalue weighted by molar-refractivity contribution is 5.94. The summed E-state index contributed by atoms with van der Waals surface area (Å²) in [5.74, 6) is 0.464. The van der Waals surface area contributed by atoms with Crippen molar-refractivity contribution in [3.05, 3.63) is 23.4 Å². The number of carbonyl (C=O) groups excluding carboxylic acids is 1. The molecule has 0 aliphatic carbocycles. The van der Waals surface area contributed by atoms with E-state index in [9.17, 15) is 4.79 Å². The molecule has 1 unspecified atom stereocenters. The third-order valence-corrected chi connectivity index (χ3v) is 3.89. The van der Waals surface area contributed by atoms with Gasteiger partial charge in [-0.25, -0.2) is 4.98 Å². The van der Waals surface area contributed by atoms with Gasteiger partial charge in [0.15, 0.2) is 0 Å². The number of rotatable bonds is 3. The lowest BCUT2D eigenvalue weighted by atomic mass is 10.0. The predicted octanol–water partition coefficient (Wildman–Crippen LogP) is 0.442. The standard InChI is InChI=1S/C14H20N4O2/c15-14(19)11-8-17-13(18-4-1-2-5-18)7-10(11)12-9-16-3-6-20-12/h7-8,12,16H,1-6,9H2,(H2,15,19). The zero-order valence-electron chi connectivity index (χ0n) is 11.5. The van der Waals surface area contributed by atoms with Crippen LogP contribution in [0.15, 0.2) is 12.3 Å². The van der Waals surface area contributed by atoms with Gasteiger partial charge in [-0.05, 0) is 24.5 Å². The fraction of sp³-hybridized carbons (Fsp3) is 0.571. The number of morpholine rings is 1. The van der Waals surface area contributed by atoms with Gasteiger partial charge >= 0.3 is 0 Å². The van der Waals surface area contributed by atoms with Crippen molar-refractivity contribution in [1.29, 1.82) is 0 Å². The van der Waals surface area contributed by atoms with E-state index in [1.54, 1.807) is 6.20 Å². The third kappa shape index (κ3) is 2.62. The maximum atomic E-state index is 11.6. The van der Waals surface area contributed by atoms with Crippen molar-refractivity contribution in [2.75, 3.05) is 37.7 Å². The van der Waals surface area contributed by atoms with Crippen LogP contribution in [-0.4, -0.2) is 43.7 Å². The van der Waals surface area contributed by atoms with Crippen molar-refractivity contribution in [1.82, 2.24) is 10.3 Å². The minimum absolute atomic E-state index is 0.129. The van der Waals surface area contributed by atoms with Gasteiger partial charge in [-0.2, -0.15) is 0 Å². The molecule has 0 aromatic carbocycles. The molecule has 108 valence electrons. The molecule has 2 fully saturated rings. The molecule has 0 radical (unpaired) electrons. The molecule has 2 aliphatic rings. The topological polar surface area (TPSA) is 80.5 Å². The Morgan fingerprint density at radius 1 is 1.45 bits per heavy atom. The summed E-state index contributed by atoms with van der Waals surface area (Å²) >= 11 is 0. The number of nitrogens with zero attached hydrogens (tertiary/aromatic N) is 2. The van der Waals surface area contributed by atoms with Crippen LogP contribution in [0.1, 0.15) is 34.9 Å². The molecular weight excluding hydrogens is 256 g/mol. The maximum Gasteiger partial charge on any atom is 0.250 e. The minimum atomic E-state index is -0.449. The molecule has 3 rings (SSSR count). The van der Waals surface area contributed by atoms with Gasteiger partial charge in [0.2, 0.25) is 0 Å². The number of anilines is 1. The van der Waals surface area contributed by atoms with Crippen molar-refractivity contribution in [3.63, 3.8) is 0 Å². The summed E-state index contributed by atoms with van der Waals surface area (Å²) in [5.41, 5.74) is 6.76. The first-order valence-corrected chi connectivity index (χ1v) is 7.13. The molecule has 1 aromatic heterocycles. The monoisotopic (exact) mass is 276 g/mol. The predicted molar refractivity (Wildman–Crippen MR) is 75.8 cm³/mol. The number of ether oxygens (including phenoxy) is 1. The molecule has 2 saturated heterocycles. The van der Waals surface area contributed by atoms with E-state index in [0.717, 1.165) is 31.0 Å². The highest BCUT2D eigenvalue weighted by Gasteiger charge is 2.24. The van der Waals surface area contributed by atoms with Crippen LogP contribution < -0.4 is 16.0 Å². The van der Waals surface area contributed by atoms with Crippen molar-refractivity contribution in [3.8, 4) is 0 Å². The molecule has 1 atom stereocenters. The normalized spacial score (nSPS) is 23.0. The molecule has 3 N–H and O–H groups in total. The van der Waals surface area contributed by atoms with Crippen LogP contribution in [0.3, 0.4) is 0 Å². The number of aromatic nitrogens is 1. The summed E-state index contributed by atoms with van der Waals surface area (Å²) in [6, 6.07) is 1.96. The second kappa shape index (κ2) is 5.76. The van der Waals surface area contributed by atoms with Gasteiger partial charge < -0.3 is 20.7 Å². The van der Waals surface area contributed by atoms with Crippen LogP contribution in [0.5, 0.6) is 0 Å². The maximum absolute atomic E-state index is 11.6. The van der Waals surface area contributed by atoms with E-state index in [4.69, 9.17) is 10.5 Å². The first-order valence-electron chi connectivity index (χ1n) is 7.13. The van der Waals surface area contributed by atoms with E-state index < -0.39 is 5.91 Å². The van der Waals surface area contributed by atoms with Crippen molar-refractivity contribution >= 4 is 11.7 Å². The van der Waals surface area contributed by atoms with Gasteiger partial charge in [-0.1, -0.05) is 0 Å². The number of hydrogen-bond acceptors (Lipinski definition) is 5. The molecule has 6 nitrogen and oxygen atoms in total. The molecule has 0 bridgehead atoms. The Balaban J connectivity index is 1.93. The smallest absolute Gasteiger partial charge is 0.250 e. The summed E-state index contributed by atoms with van der Waals surface area (Å²) in [5, 5.41) is 3.28. The number of amides is 1. The molecule has 1 amide bonds. The number of carbonyl (C=O) groups is 1. The van der Waals surface area contributed by atoms with E-state index in [0.29, 0.717) is 18.7 Å². The minimum Gasteiger partial charge on any atom is -0.371 e. The van der Waals surface area contributed by atoms with Crippen molar-refractivity contribution < 1.29 is 9.53 Å². The molecule has 0 spiro atoms. The summed E-state index contributed by atoms with van der Waals surface area (Å²) in [7, 11) is 0. The summed E-state index contributed by atoms with van der Waals surface area (Å²) in [4.78, 5) is 18.2. The summed E-state index contributed by atoms with van der Waals surface area (Å²) < 4.78 is 5.76. The van der Waals surface area contributed by atoms with Crippen LogP contribution in [-0.2, 0) is 4.74 Å². The van der Waals surface area contributed by atoms with Gasteiger partial charge in [-0.3, -0.25) is 4.79 Å². The Morgan fingerprint density at radius 2 is 2.25 bits per heavy atom. The van der Waals surface area contributed by atoms with E-state index in [1.807, 2.05) is 6.07 Å². The number of pyridine rings is 1. The second-order valence-corrected chi connectivity index (χ2v) is 5.25. The Labute approximate surface area is 118 Å². The molecule has 1 aromatic rings. The van der Waals surface area contributed by atoms with E-state index in [-0.39, 0.29) is 6.10 Å². The van der Waals surface area contributed by atoms with Gasteiger partial charge in [-0.15, -0.1) is 0 Å². The summed E-state index contributed by atoms with van der Waals surface area (Å²) in [6.45, 7) is 4.22. The van der Waals surface area contributed by atoms with Crippen molar-refractivity contribution in [2.45, 2.75) is 18.9 Å². The number of nitrogens with two attached hydrogens (primary N) is 1. The highest BCUT2D eigenvalue weighted by Crippen LogP contribution is 2.27. The molecule has 6 heteroatoms. The van der Waals surface area contributed by atoms with Gasteiger partial charge in [0.05, 0.1) is 18.3 Å². The lowest BCUT2D eigenvalue weighted by molar-refractivity contribution is 0.0271. The van der Waals surface area contributed by atoms with E-state index in [2.05, 4.69) is 15.2 Å². The lowest BCUT2D eigenvalue weighted by Gasteiger charge is -2.26. The second-order valence-electron chi connectivity index (χ2n) is 5.25.